The van der Waals surface area contributed by atoms with Crippen LogP contribution in [0.5, 0.6) is 0 Å². The monoisotopic (exact) mass is 294 g/mol. The summed E-state index contributed by atoms with van der Waals surface area (Å²) in [4.78, 5) is 2.26. The Morgan fingerprint density at radius 2 is 1.17 bits per heavy atom. The fourth-order valence-corrected chi connectivity index (χ4v) is 2.87. The summed E-state index contributed by atoms with van der Waals surface area (Å²) in [5, 5.41) is 2.50. The van der Waals surface area contributed by atoms with Crippen LogP contribution in [-0.2, 0) is 0 Å². The molecule has 1 radical (unpaired) electrons. The number of hydrogen-bond donors (Lipinski definition) is 0. The molecule has 4 aromatic carbocycles. The lowest BCUT2D eigenvalue weighted by Gasteiger charge is -2.25. The normalized spacial score (nSPS) is 10.6. The predicted molar refractivity (Wildman–Crippen MR) is 97.5 cm³/mol. The van der Waals surface area contributed by atoms with Gasteiger partial charge in [-0.3, -0.25) is 0 Å². The Labute approximate surface area is 136 Å². The van der Waals surface area contributed by atoms with Gasteiger partial charge in [-0.1, -0.05) is 60.7 Å². The molecule has 0 heterocycles. The van der Waals surface area contributed by atoms with Crippen molar-refractivity contribution in [2.75, 3.05) is 4.90 Å². The molecule has 23 heavy (non-hydrogen) atoms. The average molecular weight is 294 g/mol. The Kier molecular flexibility index (Phi) is 3.53. The molecular weight excluding hydrogens is 278 g/mol. The molecule has 0 spiro atoms. The molecule has 0 N–H and O–H groups in total. The third kappa shape index (κ3) is 2.69. The van der Waals surface area contributed by atoms with E-state index >= 15 is 0 Å². The summed E-state index contributed by atoms with van der Waals surface area (Å²) in [5.74, 6) is 0. The molecule has 0 bridgehead atoms. The highest BCUT2D eigenvalue weighted by atomic mass is 15.1. The minimum absolute atomic E-state index is 1.13. The Bertz CT molecular complexity index is 874. The molecule has 0 saturated heterocycles. The first-order valence-corrected chi connectivity index (χ1v) is 7.72. The van der Waals surface area contributed by atoms with Gasteiger partial charge in [-0.15, -0.1) is 0 Å². The molecule has 0 aliphatic rings. The van der Waals surface area contributed by atoms with Gasteiger partial charge in [0.05, 0.1) is 0 Å². The summed E-state index contributed by atoms with van der Waals surface area (Å²) in [6.07, 6.45) is 0. The van der Waals surface area contributed by atoms with Gasteiger partial charge in [0.2, 0.25) is 0 Å². The number of anilines is 3. The van der Waals surface area contributed by atoms with E-state index in [2.05, 4.69) is 89.8 Å². The number of benzene rings is 4. The zero-order chi connectivity index (χ0) is 15.5. The van der Waals surface area contributed by atoms with Crippen LogP contribution < -0.4 is 4.90 Å². The van der Waals surface area contributed by atoms with Crippen molar-refractivity contribution in [1.29, 1.82) is 0 Å². The van der Waals surface area contributed by atoms with Crippen molar-refractivity contribution in [1.82, 2.24) is 0 Å². The predicted octanol–water partition coefficient (Wildman–Crippen LogP) is 6.11. The zero-order valence-electron chi connectivity index (χ0n) is 12.7. The van der Waals surface area contributed by atoms with Gasteiger partial charge in [-0.2, -0.15) is 0 Å². The molecule has 109 valence electrons. The van der Waals surface area contributed by atoms with Crippen LogP contribution in [0.2, 0.25) is 0 Å². The second-order valence-electron chi connectivity index (χ2n) is 5.46. The van der Waals surface area contributed by atoms with E-state index in [4.69, 9.17) is 0 Å². The smallest absolute Gasteiger partial charge is 0.0468 e. The van der Waals surface area contributed by atoms with Gasteiger partial charge in [0.1, 0.15) is 0 Å². The first-order valence-electron chi connectivity index (χ1n) is 7.72. The van der Waals surface area contributed by atoms with Crippen LogP contribution in [0.15, 0.2) is 97.1 Å². The summed E-state index contributed by atoms with van der Waals surface area (Å²) >= 11 is 0. The van der Waals surface area contributed by atoms with Crippen LogP contribution in [0.3, 0.4) is 0 Å². The topological polar surface area (TPSA) is 3.24 Å². The molecular formula is C22H16N. The van der Waals surface area contributed by atoms with Gasteiger partial charge >= 0.3 is 0 Å². The van der Waals surface area contributed by atoms with Crippen LogP contribution >= 0.6 is 0 Å². The molecule has 0 saturated carbocycles. The second-order valence-corrected chi connectivity index (χ2v) is 5.46. The number of para-hydroxylation sites is 1. The summed E-state index contributed by atoms with van der Waals surface area (Å²) in [7, 11) is 0. The van der Waals surface area contributed by atoms with Crippen molar-refractivity contribution in [3.05, 3.63) is 103 Å². The molecule has 0 amide bonds. The first-order chi connectivity index (χ1) is 11.4. The van der Waals surface area contributed by atoms with Gasteiger partial charge in [-0.25, -0.2) is 0 Å². The van der Waals surface area contributed by atoms with E-state index < -0.39 is 0 Å². The van der Waals surface area contributed by atoms with E-state index in [0.717, 1.165) is 17.1 Å². The zero-order valence-corrected chi connectivity index (χ0v) is 12.7. The van der Waals surface area contributed by atoms with Crippen molar-refractivity contribution >= 4 is 27.8 Å². The fourth-order valence-electron chi connectivity index (χ4n) is 2.87. The van der Waals surface area contributed by atoms with Crippen LogP contribution in [0, 0.1) is 6.07 Å². The van der Waals surface area contributed by atoms with Gasteiger partial charge in [0, 0.05) is 17.1 Å². The summed E-state index contributed by atoms with van der Waals surface area (Å²) < 4.78 is 0. The SMILES string of the molecule is [c]1ccc(N(c2ccccc2)c2ccc3ccccc3c2)cc1. The van der Waals surface area contributed by atoms with Crippen LogP contribution in [0.25, 0.3) is 10.8 Å². The van der Waals surface area contributed by atoms with Crippen molar-refractivity contribution in [2.45, 2.75) is 0 Å². The van der Waals surface area contributed by atoms with Gasteiger partial charge in [0.15, 0.2) is 0 Å². The molecule has 0 fully saturated rings. The maximum absolute atomic E-state index is 3.09. The average Bonchev–Trinajstić information content (AvgIpc) is 2.64. The first kappa shape index (κ1) is 13.6. The number of fused-ring (bicyclic) bond motifs is 1. The largest absolute Gasteiger partial charge is 0.310 e. The molecule has 0 atom stereocenters. The van der Waals surface area contributed by atoms with E-state index in [1.165, 1.54) is 10.8 Å². The summed E-state index contributed by atoms with van der Waals surface area (Å²) in [6.45, 7) is 0. The molecule has 0 aliphatic carbocycles. The molecule has 4 rings (SSSR count). The Morgan fingerprint density at radius 1 is 0.522 bits per heavy atom. The Morgan fingerprint density at radius 3 is 1.96 bits per heavy atom. The number of hydrogen-bond acceptors (Lipinski definition) is 1. The maximum Gasteiger partial charge on any atom is 0.0468 e. The molecule has 4 aromatic rings. The summed E-state index contributed by atoms with van der Waals surface area (Å²) in [6, 6.07) is 36.6. The maximum atomic E-state index is 3.09. The van der Waals surface area contributed by atoms with Crippen molar-refractivity contribution in [2.24, 2.45) is 0 Å². The number of nitrogens with zero attached hydrogens (tertiary/aromatic N) is 1. The minimum atomic E-state index is 1.13. The minimum Gasteiger partial charge on any atom is -0.310 e. The van der Waals surface area contributed by atoms with Gasteiger partial charge < -0.3 is 4.90 Å². The highest BCUT2D eigenvalue weighted by molar-refractivity contribution is 5.89. The Hall–Kier alpha value is -3.06. The lowest BCUT2D eigenvalue weighted by atomic mass is 10.1. The van der Waals surface area contributed by atoms with Crippen molar-refractivity contribution < 1.29 is 0 Å². The van der Waals surface area contributed by atoms with E-state index in [9.17, 15) is 0 Å². The molecule has 1 nitrogen and oxygen atoms in total. The lowest BCUT2D eigenvalue weighted by Crippen LogP contribution is -2.09. The highest BCUT2D eigenvalue weighted by Crippen LogP contribution is 2.35. The van der Waals surface area contributed by atoms with Gasteiger partial charge in [-0.05, 0) is 53.2 Å². The van der Waals surface area contributed by atoms with Crippen LogP contribution in [-0.4, -0.2) is 0 Å². The van der Waals surface area contributed by atoms with Crippen LogP contribution in [0.4, 0.5) is 17.1 Å². The fraction of sp³-hybridized carbons (Fsp3) is 0. The van der Waals surface area contributed by atoms with E-state index in [1.807, 2.05) is 18.2 Å². The molecule has 0 unspecified atom stereocenters. The van der Waals surface area contributed by atoms with Crippen LogP contribution in [0.1, 0.15) is 0 Å². The highest BCUT2D eigenvalue weighted by Gasteiger charge is 2.11. The van der Waals surface area contributed by atoms with Crippen molar-refractivity contribution in [3.8, 4) is 0 Å². The van der Waals surface area contributed by atoms with Crippen molar-refractivity contribution in [3.63, 3.8) is 0 Å². The third-order valence-corrected chi connectivity index (χ3v) is 3.96. The van der Waals surface area contributed by atoms with Gasteiger partial charge in [0.25, 0.3) is 0 Å². The van der Waals surface area contributed by atoms with E-state index in [0.29, 0.717) is 0 Å². The Balaban J connectivity index is 1.90. The van der Waals surface area contributed by atoms with E-state index in [1.54, 1.807) is 0 Å². The quantitative estimate of drug-likeness (QED) is 0.440. The number of rotatable bonds is 3. The lowest BCUT2D eigenvalue weighted by molar-refractivity contribution is 1.29. The molecule has 0 aromatic heterocycles. The summed E-state index contributed by atoms with van der Waals surface area (Å²) in [5.41, 5.74) is 3.43. The standard InChI is InChI=1S/C22H16N/c1-3-11-20(12-4-1)23(21-13-5-2-6-14-21)22-16-15-18-9-7-8-10-19(18)17-22/h1,3-17H. The third-order valence-electron chi connectivity index (χ3n) is 3.96. The molecule has 0 aliphatic heterocycles. The molecule has 1 heteroatoms. The van der Waals surface area contributed by atoms with E-state index in [-0.39, 0.29) is 0 Å². The second kappa shape index (κ2) is 5.98.